The molecular formula is C21H17NO5. The average Bonchev–Trinajstić information content (AvgIpc) is 3.06. The normalized spacial score (nSPS) is 10.9. The predicted octanol–water partition coefficient (Wildman–Crippen LogP) is 3.90. The van der Waals surface area contributed by atoms with Crippen molar-refractivity contribution in [3.8, 4) is 17.2 Å². The molecule has 27 heavy (non-hydrogen) atoms. The molecule has 0 aliphatic heterocycles. The summed E-state index contributed by atoms with van der Waals surface area (Å²) < 4.78 is 11.4. The maximum atomic E-state index is 11.1. The van der Waals surface area contributed by atoms with Crippen LogP contribution in [0.2, 0.25) is 0 Å². The number of nitrogens with zero attached hydrogens (tertiary/aromatic N) is 1. The molecule has 0 fully saturated rings. The minimum absolute atomic E-state index is 0.259. The van der Waals surface area contributed by atoms with Gasteiger partial charge in [0, 0.05) is 5.56 Å². The van der Waals surface area contributed by atoms with Gasteiger partial charge in [-0.1, -0.05) is 36.4 Å². The van der Waals surface area contributed by atoms with Gasteiger partial charge < -0.3 is 14.3 Å². The van der Waals surface area contributed by atoms with Crippen LogP contribution in [0.1, 0.15) is 17.0 Å². The number of carboxylic acids is 1. The van der Waals surface area contributed by atoms with Gasteiger partial charge in [0.2, 0.25) is 5.89 Å². The smallest absolute Gasteiger partial charge is 0.376 e. The van der Waals surface area contributed by atoms with Crippen molar-refractivity contribution >= 4 is 17.8 Å². The summed E-state index contributed by atoms with van der Waals surface area (Å²) in [5.41, 5.74) is 2.31. The summed E-state index contributed by atoms with van der Waals surface area (Å²) >= 11 is 0. The van der Waals surface area contributed by atoms with Crippen molar-refractivity contribution in [2.75, 3.05) is 0 Å². The van der Waals surface area contributed by atoms with Crippen molar-refractivity contribution in [3.05, 3.63) is 77.7 Å². The Morgan fingerprint density at radius 3 is 2.48 bits per heavy atom. The lowest BCUT2D eigenvalue weighted by molar-refractivity contribution is -0.146. The summed E-state index contributed by atoms with van der Waals surface area (Å²) in [6.45, 7) is 2.10. The number of benzene rings is 2. The molecule has 6 nitrogen and oxygen atoms in total. The first-order valence-electron chi connectivity index (χ1n) is 8.23. The third-order valence-electron chi connectivity index (χ3n) is 3.81. The molecule has 1 N–H and O–H groups in total. The number of carbonyl (C=O) groups is 2. The number of ketones is 1. The van der Waals surface area contributed by atoms with Gasteiger partial charge in [0.15, 0.2) is 0 Å². The second-order valence-electron chi connectivity index (χ2n) is 5.75. The minimum Gasteiger partial charge on any atom is -0.487 e. The van der Waals surface area contributed by atoms with Crippen molar-refractivity contribution in [1.82, 2.24) is 4.98 Å². The summed E-state index contributed by atoms with van der Waals surface area (Å²) in [5, 5.41) is 8.54. The fourth-order valence-corrected chi connectivity index (χ4v) is 2.34. The molecular weight excluding hydrogens is 346 g/mol. The van der Waals surface area contributed by atoms with Gasteiger partial charge in [0.05, 0.1) is 0 Å². The van der Waals surface area contributed by atoms with E-state index in [2.05, 4.69) is 4.98 Å². The molecule has 0 aliphatic carbocycles. The number of aliphatic carboxylic acids is 1. The molecule has 3 rings (SSSR count). The molecule has 1 heterocycles. The maximum Gasteiger partial charge on any atom is 0.376 e. The molecule has 0 saturated carbocycles. The number of oxazole rings is 1. The molecule has 0 spiro atoms. The molecule has 1 aromatic heterocycles. The van der Waals surface area contributed by atoms with Crippen LogP contribution in [-0.2, 0) is 16.2 Å². The Labute approximate surface area is 155 Å². The van der Waals surface area contributed by atoms with Gasteiger partial charge in [-0.05, 0) is 42.8 Å². The van der Waals surface area contributed by atoms with Gasteiger partial charge >= 0.3 is 5.97 Å². The zero-order valence-electron chi connectivity index (χ0n) is 14.6. The van der Waals surface area contributed by atoms with Crippen LogP contribution in [0.25, 0.3) is 17.5 Å². The van der Waals surface area contributed by atoms with Crippen LogP contribution in [0.15, 0.2) is 65.1 Å². The van der Waals surface area contributed by atoms with E-state index in [0.717, 1.165) is 11.6 Å². The molecule has 0 unspecified atom stereocenters. The number of carboxylic acid groups (broad SMARTS) is 1. The molecule has 0 amide bonds. The first-order valence-corrected chi connectivity index (χ1v) is 8.23. The number of aryl methyl sites for hydroxylation is 1. The third-order valence-corrected chi connectivity index (χ3v) is 3.81. The van der Waals surface area contributed by atoms with Crippen molar-refractivity contribution in [1.29, 1.82) is 0 Å². The molecule has 0 atom stereocenters. The summed E-state index contributed by atoms with van der Waals surface area (Å²) in [6, 6.07) is 16.6. The Kier molecular flexibility index (Phi) is 5.47. The third kappa shape index (κ3) is 4.70. The van der Waals surface area contributed by atoms with E-state index >= 15 is 0 Å². The van der Waals surface area contributed by atoms with Crippen LogP contribution >= 0.6 is 0 Å². The summed E-state index contributed by atoms with van der Waals surface area (Å²) in [6.07, 6.45) is 2.45. The highest BCUT2D eigenvalue weighted by atomic mass is 16.5. The Balaban J connectivity index is 1.63. The first-order chi connectivity index (χ1) is 13.0. The molecule has 0 bridgehead atoms. The Bertz CT molecular complexity index is 972. The molecule has 6 heteroatoms. The van der Waals surface area contributed by atoms with E-state index in [1.54, 1.807) is 24.3 Å². The lowest BCUT2D eigenvalue weighted by atomic mass is 10.2. The molecule has 2 aromatic carbocycles. The Morgan fingerprint density at radius 2 is 1.81 bits per heavy atom. The van der Waals surface area contributed by atoms with Gasteiger partial charge in [-0.2, -0.15) is 0 Å². The Morgan fingerprint density at radius 1 is 1.11 bits per heavy atom. The molecule has 136 valence electrons. The number of carbonyl (C=O) groups excluding carboxylic acids is 1. The quantitative estimate of drug-likeness (QED) is 0.506. The number of ether oxygens (including phenoxy) is 1. The van der Waals surface area contributed by atoms with E-state index in [4.69, 9.17) is 14.3 Å². The molecule has 0 saturated heterocycles. The van der Waals surface area contributed by atoms with E-state index in [9.17, 15) is 9.59 Å². The highest BCUT2D eigenvalue weighted by Crippen LogP contribution is 2.22. The number of aromatic nitrogens is 1. The summed E-state index contributed by atoms with van der Waals surface area (Å²) in [7, 11) is 0. The van der Waals surface area contributed by atoms with Crippen LogP contribution in [0, 0.1) is 6.92 Å². The van der Waals surface area contributed by atoms with Gasteiger partial charge in [-0.15, -0.1) is 0 Å². The summed E-state index contributed by atoms with van der Waals surface area (Å²) in [5.74, 6) is -0.577. The van der Waals surface area contributed by atoms with Gasteiger partial charge in [0.25, 0.3) is 5.78 Å². The van der Waals surface area contributed by atoms with Crippen LogP contribution in [0.3, 0.4) is 0 Å². The van der Waals surface area contributed by atoms with Gasteiger partial charge in [-0.3, -0.25) is 4.79 Å². The van der Waals surface area contributed by atoms with E-state index in [1.807, 2.05) is 37.3 Å². The van der Waals surface area contributed by atoms with Crippen LogP contribution in [-0.4, -0.2) is 21.8 Å². The van der Waals surface area contributed by atoms with Crippen LogP contribution < -0.4 is 4.74 Å². The SMILES string of the molecule is Cc1oc(-c2ccccc2)nc1COc1ccc(C=CC(=O)C(=O)O)cc1. The number of hydrogen-bond acceptors (Lipinski definition) is 5. The van der Waals surface area contributed by atoms with Crippen molar-refractivity contribution in [3.63, 3.8) is 0 Å². The van der Waals surface area contributed by atoms with E-state index in [1.165, 1.54) is 6.08 Å². The van der Waals surface area contributed by atoms with E-state index in [0.29, 0.717) is 28.7 Å². The highest BCUT2D eigenvalue weighted by Gasteiger charge is 2.12. The topological polar surface area (TPSA) is 89.6 Å². The van der Waals surface area contributed by atoms with Crippen molar-refractivity contribution < 1.29 is 23.8 Å². The highest BCUT2D eigenvalue weighted by molar-refractivity contribution is 6.38. The fraction of sp³-hybridized carbons (Fsp3) is 0.0952. The minimum atomic E-state index is -1.48. The fourth-order valence-electron chi connectivity index (χ4n) is 2.34. The number of hydrogen-bond donors (Lipinski definition) is 1. The lowest BCUT2D eigenvalue weighted by Gasteiger charge is -2.04. The standard InChI is InChI=1S/C21H17NO5/c1-14-18(22-20(27-14)16-5-3-2-4-6-16)13-26-17-10-7-15(8-11-17)9-12-19(23)21(24)25/h2-12H,13H2,1H3,(H,24,25). The van der Waals surface area contributed by atoms with Crippen molar-refractivity contribution in [2.45, 2.75) is 13.5 Å². The zero-order valence-corrected chi connectivity index (χ0v) is 14.6. The Hall–Kier alpha value is -3.67. The summed E-state index contributed by atoms with van der Waals surface area (Å²) in [4.78, 5) is 26.0. The monoisotopic (exact) mass is 363 g/mol. The lowest BCUT2D eigenvalue weighted by Crippen LogP contribution is -2.08. The number of rotatable bonds is 7. The van der Waals surface area contributed by atoms with Gasteiger partial charge in [0.1, 0.15) is 23.8 Å². The molecule has 0 aliphatic rings. The second kappa shape index (κ2) is 8.14. The predicted molar refractivity (Wildman–Crippen MR) is 99.1 cm³/mol. The van der Waals surface area contributed by atoms with Gasteiger partial charge in [-0.25, -0.2) is 9.78 Å². The largest absolute Gasteiger partial charge is 0.487 e. The van der Waals surface area contributed by atoms with Crippen LogP contribution in [0.5, 0.6) is 5.75 Å². The second-order valence-corrected chi connectivity index (χ2v) is 5.75. The van der Waals surface area contributed by atoms with Crippen LogP contribution in [0.4, 0.5) is 0 Å². The van der Waals surface area contributed by atoms with Crippen molar-refractivity contribution in [2.24, 2.45) is 0 Å². The first kappa shape index (κ1) is 18.1. The molecule has 0 radical (unpaired) electrons. The van der Waals surface area contributed by atoms with E-state index in [-0.39, 0.29) is 6.61 Å². The maximum absolute atomic E-state index is 11.1. The van der Waals surface area contributed by atoms with E-state index < -0.39 is 11.8 Å². The zero-order chi connectivity index (χ0) is 19.2. The molecule has 3 aromatic rings. The average molecular weight is 363 g/mol.